The number of aromatic nitrogens is 2. The first-order valence-electron chi connectivity index (χ1n) is 8.46. The van der Waals surface area contributed by atoms with E-state index in [4.69, 9.17) is 0 Å². The maximum atomic E-state index is 4.26. The summed E-state index contributed by atoms with van der Waals surface area (Å²) in [6, 6.07) is 29.4. The molecule has 3 aromatic carbocycles. The molecule has 0 unspecified atom stereocenters. The maximum absolute atomic E-state index is 4.26. The quantitative estimate of drug-likeness (QED) is 0.214. The van der Waals surface area contributed by atoms with Crippen LogP contribution in [-0.4, -0.2) is 13.4 Å². The van der Waals surface area contributed by atoms with Crippen molar-refractivity contribution in [3.05, 3.63) is 104 Å². The smallest absolute Gasteiger partial charge is 0.358 e. The summed E-state index contributed by atoms with van der Waals surface area (Å²) in [5, 5.41) is 0. The first kappa shape index (κ1) is 29.0. The van der Waals surface area contributed by atoms with Crippen LogP contribution >= 0.6 is 0 Å². The standard InChI is InChI=1S/C24H17N2.CH3.B.2Y/c1-18-11-12-22(16-23(18)24-17-25-13-14-26(24)2)21-10-6-9-20(15-21)19-7-4-3-5-8-19;;;;/h3-7,11-15,17H,1-2H3;1H3;;;/q-3;-1;;;+3. The molecule has 5 heteroatoms. The van der Waals surface area contributed by atoms with E-state index in [1.807, 2.05) is 49.8 Å². The van der Waals surface area contributed by atoms with Gasteiger partial charge in [-0.15, -0.1) is 42.0 Å². The van der Waals surface area contributed by atoms with Gasteiger partial charge in [0.05, 0.1) is 12.4 Å². The number of benzene rings is 3. The van der Waals surface area contributed by atoms with Crippen molar-refractivity contribution in [2.24, 2.45) is 7.05 Å². The van der Waals surface area contributed by atoms with Gasteiger partial charge in [-0.25, -0.2) is 16.7 Å². The molecular formula is C25H20BN2Y2-. The Hall–Kier alpha value is -0.987. The largest absolute Gasteiger partial charge is 3.00 e. The third-order valence-corrected chi connectivity index (χ3v) is 4.40. The Morgan fingerprint density at radius 2 is 1.67 bits per heavy atom. The number of rotatable bonds is 3. The molecule has 30 heavy (non-hydrogen) atoms. The minimum absolute atomic E-state index is 0. The molecule has 2 nitrogen and oxygen atoms in total. The molecular weight excluding hydrogens is 517 g/mol. The van der Waals surface area contributed by atoms with E-state index in [1.165, 1.54) is 0 Å². The second kappa shape index (κ2) is 13.4. The molecule has 0 saturated carbocycles. The summed E-state index contributed by atoms with van der Waals surface area (Å²) in [6.07, 6.45) is 5.60. The zero-order valence-corrected chi connectivity index (χ0v) is 23.2. The average molecular weight is 537 g/mol. The van der Waals surface area contributed by atoms with Crippen LogP contribution < -0.4 is 4.57 Å². The number of aryl methyl sites for hydroxylation is 2. The molecule has 0 aliphatic rings. The third kappa shape index (κ3) is 6.50. The van der Waals surface area contributed by atoms with Crippen molar-refractivity contribution in [1.29, 1.82) is 0 Å². The van der Waals surface area contributed by atoms with Gasteiger partial charge in [0.15, 0.2) is 11.9 Å². The van der Waals surface area contributed by atoms with Crippen molar-refractivity contribution in [3.8, 4) is 33.5 Å². The predicted molar refractivity (Wildman–Crippen MR) is 114 cm³/mol. The van der Waals surface area contributed by atoms with E-state index in [-0.39, 0.29) is 81.3 Å². The van der Waals surface area contributed by atoms with E-state index in [1.54, 1.807) is 6.20 Å². The van der Waals surface area contributed by atoms with Crippen LogP contribution in [0, 0.1) is 38.6 Å². The first-order chi connectivity index (χ1) is 12.7. The molecule has 0 atom stereocenters. The van der Waals surface area contributed by atoms with Gasteiger partial charge < -0.3 is 31.2 Å². The average Bonchev–Trinajstić information content (AvgIpc) is 2.70. The summed E-state index contributed by atoms with van der Waals surface area (Å²) in [4.78, 5) is 4.26. The summed E-state index contributed by atoms with van der Waals surface area (Å²) in [7, 11) is 2.02. The van der Waals surface area contributed by atoms with Crippen LogP contribution in [0.5, 0.6) is 0 Å². The molecule has 0 bridgehead atoms. The fourth-order valence-electron chi connectivity index (χ4n) is 2.95. The van der Waals surface area contributed by atoms with E-state index < -0.39 is 0 Å². The van der Waals surface area contributed by atoms with Gasteiger partial charge in [-0.1, -0.05) is 12.5 Å². The van der Waals surface area contributed by atoms with E-state index in [2.05, 4.69) is 58.9 Å². The van der Waals surface area contributed by atoms with Crippen molar-refractivity contribution in [2.45, 2.75) is 6.92 Å². The molecule has 0 saturated heterocycles. The van der Waals surface area contributed by atoms with E-state index in [0.717, 1.165) is 39.1 Å². The minimum Gasteiger partial charge on any atom is -0.358 e. The van der Waals surface area contributed by atoms with E-state index >= 15 is 0 Å². The van der Waals surface area contributed by atoms with E-state index in [9.17, 15) is 0 Å². The van der Waals surface area contributed by atoms with Crippen LogP contribution in [0.2, 0.25) is 0 Å². The van der Waals surface area contributed by atoms with Crippen LogP contribution in [0.3, 0.4) is 0 Å². The van der Waals surface area contributed by atoms with Crippen LogP contribution in [0.15, 0.2) is 67.1 Å². The van der Waals surface area contributed by atoms with Gasteiger partial charge in [-0.3, -0.25) is 22.2 Å². The molecule has 1 aromatic heterocycles. The molecule has 4 aromatic rings. The molecule has 0 spiro atoms. The van der Waals surface area contributed by atoms with Crippen LogP contribution in [0.1, 0.15) is 5.56 Å². The summed E-state index contributed by atoms with van der Waals surface area (Å²) in [6.45, 7) is 2.09. The normalized spacial score (nSPS) is 9.27. The zero-order valence-electron chi connectivity index (χ0n) is 17.5. The van der Waals surface area contributed by atoms with Crippen molar-refractivity contribution >= 4 is 8.41 Å². The molecule has 0 amide bonds. The van der Waals surface area contributed by atoms with Gasteiger partial charge in [-0.05, 0) is 0 Å². The SMILES string of the molecule is Cc1ccc(-c2[c-]c[c-]c(-c3[c-]cccc3)c2)[c-]c1-c1cncc[n+]1C.[B].[CH3-].[Y+3].[Y]. The Morgan fingerprint density at radius 3 is 2.33 bits per heavy atom. The second-order valence-corrected chi connectivity index (χ2v) is 6.18. The topological polar surface area (TPSA) is 16.8 Å². The Morgan fingerprint density at radius 1 is 0.933 bits per heavy atom. The van der Waals surface area contributed by atoms with Gasteiger partial charge >= 0.3 is 32.7 Å². The third-order valence-electron chi connectivity index (χ3n) is 4.40. The Labute approximate surface area is 232 Å². The zero-order chi connectivity index (χ0) is 17.9. The molecule has 0 fully saturated rings. The maximum Gasteiger partial charge on any atom is 3.00 e. The number of hydrogen-bond acceptors (Lipinski definition) is 1. The summed E-state index contributed by atoms with van der Waals surface area (Å²) >= 11 is 0. The molecule has 4 radical (unpaired) electrons. The second-order valence-electron chi connectivity index (χ2n) is 6.18. The minimum atomic E-state index is 0. The van der Waals surface area contributed by atoms with Gasteiger partial charge in [0, 0.05) is 41.1 Å². The molecule has 4 rings (SSSR count). The van der Waals surface area contributed by atoms with Crippen molar-refractivity contribution in [1.82, 2.24) is 4.98 Å². The molecule has 140 valence electrons. The van der Waals surface area contributed by atoms with Gasteiger partial charge in [0.1, 0.15) is 7.05 Å². The first-order valence-corrected chi connectivity index (χ1v) is 8.46. The molecule has 0 N–H and O–H groups in total. The summed E-state index contributed by atoms with van der Waals surface area (Å²) in [5.74, 6) is 0. The van der Waals surface area contributed by atoms with Crippen LogP contribution in [0.25, 0.3) is 33.5 Å². The van der Waals surface area contributed by atoms with E-state index in [0.29, 0.717) is 0 Å². The fourth-order valence-corrected chi connectivity index (χ4v) is 2.95. The van der Waals surface area contributed by atoms with Gasteiger partial charge in [0.25, 0.3) is 0 Å². The van der Waals surface area contributed by atoms with Crippen molar-refractivity contribution in [2.75, 3.05) is 0 Å². The van der Waals surface area contributed by atoms with Crippen molar-refractivity contribution in [3.63, 3.8) is 0 Å². The van der Waals surface area contributed by atoms with Gasteiger partial charge in [0.2, 0.25) is 0 Å². The summed E-state index contributed by atoms with van der Waals surface area (Å²) < 4.78 is 2.06. The summed E-state index contributed by atoms with van der Waals surface area (Å²) in [5.41, 5.74) is 7.26. The Balaban J connectivity index is 0.00000210. The number of nitrogens with zero attached hydrogens (tertiary/aromatic N) is 2. The monoisotopic (exact) mass is 537 g/mol. The van der Waals surface area contributed by atoms with Crippen LogP contribution in [0.4, 0.5) is 0 Å². The predicted octanol–water partition coefficient (Wildman–Crippen LogP) is 4.48. The molecule has 0 aliphatic carbocycles. The molecule has 1 heterocycles. The van der Waals surface area contributed by atoms with Crippen molar-refractivity contribution < 1.29 is 70.0 Å². The Bertz CT molecular complexity index is 1070. The molecule has 0 aliphatic heterocycles. The van der Waals surface area contributed by atoms with Crippen LogP contribution in [-0.2, 0) is 72.5 Å². The fraction of sp³-hybridized carbons (Fsp3) is 0.0800. The van der Waals surface area contributed by atoms with Gasteiger partial charge in [-0.2, -0.15) is 5.56 Å². The number of hydrogen-bond donors (Lipinski definition) is 0. The Kier molecular flexibility index (Phi) is 13.0.